The molecule has 0 spiro atoms. The van der Waals surface area contributed by atoms with E-state index in [-0.39, 0.29) is 10.8 Å². The summed E-state index contributed by atoms with van der Waals surface area (Å²) < 4.78 is 5.58. The minimum Gasteiger partial charge on any atom is -0.380 e. The van der Waals surface area contributed by atoms with Gasteiger partial charge in [-0.3, -0.25) is 0 Å². The molecule has 3 heteroatoms. The van der Waals surface area contributed by atoms with Crippen LogP contribution in [0.5, 0.6) is 0 Å². The van der Waals surface area contributed by atoms with Crippen molar-refractivity contribution in [2.24, 2.45) is 10.8 Å². The average Bonchev–Trinajstić information content (AvgIpc) is 2.04. The van der Waals surface area contributed by atoms with Crippen molar-refractivity contribution in [2.75, 3.05) is 25.0 Å². The molecule has 0 amide bonds. The maximum atomic E-state index is 5.77. The van der Waals surface area contributed by atoms with Crippen LogP contribution in [-0.2, 0) is 4.74 Å². The normalized spacial score (nSPS) is 13.4. The Bertz CT molecular complexity index is 128. The highest BCUT2D eigenvalue weighted by Crippen LogP contribution is 2.21. The van der Waals surface area contributed by atoms with Gasteiger partial charge in [-0.05, 0) is 0 Å². The van der Waals surface area contributed by atoms with E-state index in [1.807, 2.05) is 0 Å². The lowest BCUT2D eigenvalue weighted by Gasteiger charge is -2.26. The van der Waals surface area contributed by atoms with Crippen LogP contribution in [0.15, 0.2) is 0 Å². The largest absolute Gasteiger partial charge is 0.380 e. The molecular weight excluding hydrogens is 207 g/mol. The van der Waals surface area contributed by atoms with E-state index in [2.05, 4.69) is 27.7 Å². The van der Waals surface area contributed by atoms with Crippen LogP contribution in [0.1, 0.15) is 27.7 Å². The van der Waals surface area contributed by atoms with Gasteiger partial charge in [0.05, 0.1) is 13.2 Å². The van der Waals surface area contributed by atoms with E-state index in [1.165, 1.54) is 0 Å². The van der Waals surface area contributed by atoms with E-state index in [0.717, 1.165) is 0 Å². The maximum Gasteiger partial charge on any atom is 0.0528 e. The van der Waals surface area contributed by atoms with Gasteiger partial charge >= 0.3 is 0 Å². The van der Waals surface area contributed by atoms with Crippen molar-refractivity contribution in [1.29, 1.82) is 0 Å². The zero-order valence-corrected chi connectivity index (χ0v) is 10.5. The number of hydrogen-bond acceptors (Lipinski definition) is 1. The highest BCUT2D eigenvalue weighted by Gasteiger charge is 2.20. The Labute approximate surface area is 91.7 Å². The van der Waals surface area contributed by atoms with Crippen molar-refractivity contribution in [3.05, 3.63) is 0 Å². The molecule has 0 N–H and O–H groups in total. The van der Waals surface area contributed by atoms with Crippen LogP contribution in [-0.4, -0.2) is 25.0 Å². The van der Waals surface area contributed by atoms with Gasteiger partial charge in [-0.1, -0.05) is 27.7 Å². The van der Waals surface area contributed by atoms with Crippen LogP contribution in [0.4, 0.5) is 0 Å². The minimum absolute atomic E-state index is 0.0595. The highest BCUT2D eigenvalue weighted by atomic mass is 35.5. The summed E-state index contributed by atoms with van der Waals surface area (Å²) in [6.45, 7) is 9.75. The second-order valence-electron chi connectivity index (χ2n) is 5.09. The summed E-state index contributed by atoms with van der Waals surface area (Å²) in [5.74, 6) is 1.24. The Balaban J connectivity index is 3.68. The first-order valence-corrected chi connectivity index (χ1v) is 5.60. The number of ether oxygens (including phenoxy) is 1. The minimum atomic E-state index is 0.0595. The summed E-state index contributed by atoms with van der Waals surface area (Å²) >= 11 is 11.5. The quantitative estimate of drug-likeness (QED) is 0.630. The molecule has 0 aliphatic heterocycles. The fourth-order valence-corrected chi connectivity index (χ4v) is 0.835. The molecule has 80 valence electrons. The van der Waals surface area contributed by atoms with E-state index >= 15 is 0 Å². The van der Waals surface area contributed by atoms with Crippen molar-refractivity contribution in [2.45, 2.75) is 27.7 Å². The van der Waals surface area contributed by atoms with Crippen LogP contribution < -0.4 is 0 Å². The summed E-state index contributed by atoms with van der Waals surface area (Å²) in [4.78, 5) is 0. The van der Waals surface area contributed by atoms with Gasteiger partial charge in [0.1, 0.15) is 0 Å². The molecule has 0 rings (SSSR count). The van der Waals surface area contributed by atoms with Gasteiger partial charge in [-0.2, -0.15) is 0 Å². The third kappa shape index (κ3) is 6.59. The molecule has 0 radical (unpaired) electrons. The zero-order valence-electron chi connectivity index (χ0n) is 8.99. The van der Waals surface area contributed by atoms with Crippen LogP contribution in [0.25, 0.3) is 0 Å². The first-order valence-electron chi connectivity index (χ1n) is 4.53. The molecule has 0 aromatic carbocycles. The first kappa shape index (κ1) is 13.5. The predicted molar refractivity (Wildman–Crippen MR) is 59.8 cm³/mol. The van der Waals surface area contributed by atoms with Gasteiger partial charge in [0.25, 0.3) is 0 Å². The lowest BCUT2D eigenvalue weighted by Crippen LogP contribution is -2.27. The van der Waals surface area contributed by atoms with E-state index in [1.54, 1.807) is 0 Å². The van der Waals surface area contributed by atoms with Gasteiger partial charge in [0.15, 0.2) is 0 Å². The zero-order chi connectivity index (χ0) is 10.5. The Morgan fingerprint density at radius 3 is 1.38 bits per heavy atom. The summed E-state index contributed by atoms with van der Waals surface area (Å²) in [6.07, 6.45) is 0. The van der Waals surface area contributed by atoms with E-state index < -0.39 is 0 Å². The maximum absolute atomic E-state index is 5.77. The average molecular weight is 227 g/mol. The van der Waals surface area contributed by atoms with Crippen molar-refractivity contribution >= 4 is 23.2 Å². The van der Waals surface area contributed by atoms with E-state index in [4.69, 9.17) is 27.9 Å². The van der Waals surface area contributed by atoms with E-state index in [0.29, 0.717) is 25.0 Å². The molecule has 0 atom stereocenters. The second kappa shape index (κ2) is 5.43. The monoisotopic (exact) mass is 226 g/mol. The molecular formula is C10H20Cl2O. The third-order valence-corrected chi connectivity index (χ3v) is 3.16. The standard InChI is InChI=1S/C10H20Cl2O/c1-9(2,5-11)7-13-8-10(3,4)6-12/h5-8H2,1-4H3. The predicted octanol–water partition coefficient (Wildman–Crippen LogP) is 3.53. The molecule has 0 saturated heterocycles. The highest BCUT2D eigenvalue weighted by molar-refractivity contribution is 6.18. The topological polar surface area (TPSA) is 9.23 Å². The molecule has 1 nitrogen and oxygen atoms in total. The van der Waals surface area contributed by atoms with Crippen molar-refractivity contribution < 1.29 is 4.74 Å². The van der Waals surface area contributed by atoms with Gasteiger partial charge in [0, 0.05) is 22.6 Å². The van der Waals surface area contributed by atoms with Crippen LogP contribution in [0.2, 0.25) is 0 Å². The Kier molecular flexibility index (Phi) is 5.65. The Hall–Kier alpha value is 0.540. The fraction of sp³-hybridized carbons (Fsp3) is 1.00. The lowest BCUT2D eigenvalue weighted by atomic mass is 9.96. The van der Waals surface area contributed by atoms with Crippen LogP contribution in [0.3, 0.4) is 0 Å². The van der Waals surface area contributed by atoms with Gasteiger partial charge in [-0.15, -0.1) is 23.2 Å². The Morgan fingerprint density at radius 2 is 1.15 bits per heavy atom. The molecule has 0 aliphatic carbocycles. The lowest BCUT2D eigenvalue weighted by molar-refractivity contribution is 0.0297. The number of alkyl halides is 2. The van der Waals surface area contributed by atoms with Gasteiger partial charge in [-0.25, -0.2) is 0 Å². The summed E-state index contributed by atoms with van der Waals surface area (Å²) in [5.41, 5.74) is 0.119. The fourth-order valence-electron chi connectivity index (χ4n) is 0.681. The summed E-state index contributed by atoms with van der Waals surface area (Å²) in [5, 5.41) is 0. The number of rotatable bonds is 6. The second-order valence-corrected chi connectivity index (χ2v) is 5.62. The number of halogens is 2. The molecule has 13 heavy (non-hydrogen) atoms. The number of hydrogen-bond donors (Lipinski definition) is 0. The van der Waals surface area contributed by atoms with Crippen LogP contribution in [0, 0.1) is 10.8 Å². The molecule has 0 heterocycles. The molecule has 0 aromatic heterocycles. The van der Waals surface area contributed by atoms with Crippen LogP contribution >= 0.6 is 23.2 Å². The van der Waals surface area contributed by atoms with E-state index in [9.17, 15) is 0 Å². The van der Waals surface area contributed by atoms with Gasteiger partial charge < -0.3 is 4.74 Å². The third-order valence-electron chi connectivity index (χ3n) is 1.71. The molecule has 0 aliphatic rings. The van der Waals surface area contributed by atoms with Crippen molar-refractivity contribution in [3.63, 3.8) is 0 Å². The Morgan fingerprint density at radius 1 is 0.846 bits per heavy atom. The first-order chi connectivity index (χ1) is 5.83. The molecule has 0 unspecified atom stereocenters. The smallest absolute Gasteiger partial charge is 0.0528 e. The molecule has 0 aromatic rings. The molecule has 0 bridgehead atoms. The summed E-state index contributed by atoms with van der Waals surface area (Å²) in [7, 11) is 0. The SMILES string of the molecule is CC(C)(CCl)COCC(C)(C)CCl. The molecule has 0 saturated carbocycles. The van der Waals surface area contributed by atoms with Crippen molar-refractivity contribution in [3.8, 4) is 0 Å². The summed E-state index contributed by atoms with van der Waals surface area (Å²) in [6, 6.07) is 0. The van der Waals surface area contributed by atoms with Gasteiger partial charge in [0.2, 0.25) is 0 Å². The molecule has 0 fully saturated rings. The van der Waals surface area contributed by atoms with Crippen molar-refractivity contribution in [1.82, 2.24) is 0 Å².